The zero-order chi connectivity index (χ0) is 15.3. The molecule has 2 aliphatic heterocycles. The molecule has 21 heavy (non-hydrogen) atoms. The van der Waals surface area contributed by atoms with E-state index in [4.69, 9.17) is 4.74 Å². The summed E-state index contributed by atoms with van der Waals surface area (Å²) in [5.74, 6) is -0.311. The molecule has 2 aliphatic rings. The Morgan fingerprint density at radius 3 is 2.43 bits per heavy atom. The number of rotatable bonds is 2. The van der Waals surface area contributed by atoms with Crippen LogP contribution in [0.3, 0.4) is 0 Å². The molecular weight excluding hydrogens is 292 g/mol. The van der Waals surface area contributed by atoms with E-state index in [9.17, 15) is 13.2 Å². The Morgan fingerprint density at radius 2 is 1.81 bits per heavy atom. The number of carbonyl (C=O) groups excluding carboxylic acids is 1. The fourth-order valence-electron chi connectivity index (χ4n) is 3.03. The molecule has 1 spiro atoms. The lowest BCUT2D eigenvalue weighted by Gasteiger charge is -2.38. The van der Waals surface area contributed by atoms with Gasteiger partial charge in [0.2, 0.25) is 0 Å². The van der Waals surface area contributed by atoms with Crippen LogP contribution in [-0.4, -0.2) is 50.2 Å². The Morgan fingerprint density at radius 1 is 1.19 bits per heavy atom. The predicted octanol–water partition coefficient (Wildman–Crippen LogP) is 0.954. The topological polar surface area (TPSA) is 66.9 Å². The second kappa shape index (κ2) is 4.79. The summed E-state index contributed by atoms with van der Waals surface area (Å²) < 4.78 is 32.5. The molecular formula is C14H18N2O4S. The largest absolute Gasteiger partial charge is 0.450 e. The smallest absolute Gasteiger partial charge is 0.339 e. The summed E-state index contributed by atoms with van der Waals surface area (Å²) in [5.41, 5.74) is 0.824. The Labute approximate surface area is 124 Å². The van der Waals surface area contributed by atoms with Crippen LogP contribution in [0, 0.1) is 0 Å². The fourth-order valence-corrected chi connectivity index (χ4v) is 4.13. The van der Waals surface area contributed by atoms with E-state index in [1.165, 1.54) is 22.7 Å². The summed E-state index contributed by atoms with van der Waals surface area (Å²) in [7, 11) is -0.374. The molecule has 1 fully saturated rings. The monoisotopic (exact) mass is 310 g/mol. The summed E-state index contributed by atoms with van der Waals surface area (Å²) in [6.07, 6.45) is 0.978. The number of piperidine rings is 1. The molecule has 0 bridgehead atoms. The van der Waals surface area contributed by atoms with Gasteiger partial charge < -0.3 is 4.74 Å². The summed E-state index contributed by atoms with van der Waals surface area (Å²) in [6, 6.07) is 7.35. The van der Waals surface area contributed by atoms with Gasteiger partial charge in [-0.2, -0.15) is 17.0 Å². The predicted molar refractivity (Wildman–Crippen MR) is 76.9 cm³/mol. The van der Waals surface area contributed by atoms with Crippen LogP contribution in [0.5, 0.6) is 0 Å². The first-order valence-electron chi connectivity index (χ1n) is 6.87. The highest BCUT2D eigenvalue weighted by Crippen LogP contribution is 2.44. The number of hydrogen-bond acceptors (Lipinski definition) is 4. The molecule has 0 amide bonds. The number of hydrogen-bond donors (Lipinski definition) is 0. The summed E-state index contributed by atoms with van der Waals surface area (Å²) in [4.78, 5) is 12.0. The second-order valence-electron chi connectivity index (χ2n) is 5.62. The van der Waals surface area contributed by atoms with E-state index in [0.717, 1.165) is 5.56 Å². The molecule has 0 aliphatic carbocycles. The minimum atomic E-state index is -3.41. The summed E-state index contributed by atoms with van der Waals surface area (Å²) in [5, 5.41) is 0. The molecule has 114 valence electrons. The number of esters is 1. The van der Waals surface area contributed by atoms with E-state index in [1.807, 2.05) is 18.2 Å². The molecule has 1 aromatic carbocycles. The van der Waals surface area contributed by atoms with E-state index < -0.39 is 15.8 Å². The third-order valence-corrected chi connectivity index (χ3v) is 6.18. The van der Waals surface area contributed by atoms with Crippen molar-refractivity contribution in [1.82, 2.24) is 8.61 Å². The highest BCUT2D eigenvalue weighted by Gasteiger charge is 2.48. The van der Waals surface area contributed by atoms with E-state index in [0.29, 0.717) is 31.5 Å². The SMILES string of the molecule is CN(C)S(=O)(=O)N1CCC2(CC1)OC(=O)c1ccccc12. The van der Waals surface area contributed by atoms with Crippen molar-refractivity contribution >= 4 is 16.2 Å². The maximum Gasteiger partial charge on any atom is 0.339 e. The molecule has 0 N–H and O–H groups in total. The maximum absolute atomic E-state index is 12.1. The van der Waals surface area contributed by atoms with Crippen molar-refractivity contribution in [3.63, 3.8) is 0 Å². The van der Waals surface area contributed by atoms with E-state index in [-0.39, 0.29) is 5.97 Å². The first-order valence-corrected chi connectivity index (χ1v) is 8.27. The number of carbonyl (C=O) groups is 1. The molecule has 0 saturated carbocycles. The van der Waals surface area contributed by atoms with Crippen molar-refractivity contribution in [1.29, 1.82) is 0 Å². The van der Waals surface area contributed by atoms with Gasteiger partial charge >= 0.3 is 5.97 Å². The zero-order valence-corrected chi connectivity index (χ0v) is 12.9. The standard InChI is InChI=1S/C14H18N2O4S/c1-15(2)21(18,19)16-9-7-14(8-10-16)12-6-4-3-5-11(12)13(17)20-14/h3-6H,7-10H2,1-2H3. The van der Waals surface area contributed by atoms with Crippen LogP contribution in [0.1, 0.15) is 28.8 Å². The van der Waals surface area contributed by atoms with Crippen molar-refractivity contribution in [2.45, 2.75) is 18.4 Å². The van der Waals surface area contributed by atoms with E-state index >= 15 is 0 Å². The van der Waals surface area contributed by atoms with Gasteiger partial charge in [-0.05, 0) is 6.07 Å². The van der Waals surface area contributed by atoms with Crippen LogP contribution in [0.25, 0.3) is 0 Å². The van der Waals surface area contributed by atoms with Gasteiger partial charge in [-0.25, -0.2) is 4.79 Å². The number of ether oxygens (including phenoxy) is 1. The minimum Gasteiger partial charge on any atom is -0.450 e. The number of benzene rings is 1. The lowest BCUT2D eigenvalue weighted by Crippen LogP contribution is -2.48. The van der Waals surface area contributed by atoms with E-state index in [2.05, 4.69) is 0 Å². The molecule has 3 rings (SSSR count). The van der Waals surface area contributed by atoms with Crippen LogP contribution in [0.15, 0.2) is 24.3 Å². The van der Waals surface area contributed by atoms with Gasteiger partial charge in [0, 0.05) is 45.6 Å². The van der Waals surface area contributed by atoms with Crippen LogP contribution in [0.4, 0.5) is 0 Å². The third-order valence-electron chi connectivity index (χ3n) is 4.24. The molecule has 0 radical (unpaired) electrons. The van der Waals surface area contributed by atoms with Crippen LogP contribution in [0.2, 0.25) is 0 Å². The Kier molecular flexibility index (Phi) is 3.31. The number of nitrogens with zero attached hydrogens (tertiary/aromatic N) is 2. The van der Waals surface area contributed by atoms with Gasteiger partial charge in [0.15, 0.2) is 0 Å². The Balaban J connectivity index is 1.86. The maximum atomic E-state index is 12.1. The third kappa shape index (κ3) is 2.16. The first kappa shape index (κ1) is 14.5. The lowest BCUT2D eigenvalue weighted by molar-refractivity contribution is -0.0333. The van der Waals surface area contributed by atoms with Crippen molar-refractivity contribution in [2.75, 3.05) is 27.2 Å². The van der Waals surface area contributed by atoms with Crippen LogP contribution in [-0.2, 0) is 20.5 Å². The fraction of sp³-hybridized carbons (Fsp3) is 0.500. The lowest BCUT2D eigenvalue weighted by atomic mass is 9.84. The average molecular weight is 310 g/mol. The van der Waals surface area contributed by atoms with Gasteiger partial charge in [0.1, 0.15) is 5.60 Å². The molecule has 1 saturated heterocycles. The van der Waals surface area contributed by atoms with Crippen molar-refractivity contribution < 1.29 is 17.9 Å². The highest BCUT2D eigenvalue weighted by atomic mass is 32.2. The normalized spacial score (nSPS) is 21.6. The Bertz CT molecular complexity index is 676. The summed E-state index contributed by atoms with van der Waals surface area (Å²) >= 11 is 0. The van der Waals surface area contributed by atoms with Crippen LogP contribution < -0.4 is 0 Å². The van der Waals surface area contributed by atoms with Crippen molar-refractivity contribution in [3.05, 3.63) is 35.4 Å². The van der Waals surface area contributed by atoms with Gasteiger partial charge in [0.25, 0.3) is 10.2 Å². The molecule has 0 aromatic heterocycles. The van der Waals surface area contributed by atoms with Crippen LogP contribution >= 0.6 is 0 Å². The molecule has 6 nitrogen and oxygen atoms in total. The first-order chi connectivity index (χ1) is 9.87. The highest BCUT2D eigenvalue weighted by molar-refractivity contribution is 7.86. The summed E-state index contributed by atoms with van der Waals surface area (Å²) in [6.45, 7) is 0.699. The molecule has 0 atom stereocenters. The molecule has 0 unspecified atom stereocenters. The molecule has 1 aromatic rings. The van der Waals surface area contributed by atoms with Gasteiger partial charge in [-0.1, -0.05) is 18.2 Å². The molecule has 7 heteroatoms. The van der Waals surface area contributed by atoms with Gasteiger partial charge in [-0.3, -0.25) is 0 Å². The van der Waals surface area contributed by atoms with Gasteiger partial charge in [-0.15, -0.1) is 0 Å². The quantitative estimate of drug-likeness (QED) is 0.763. The Hall–Kier alpha value is -1.44. The minimum absolute atomic E-state index is 0.311. The molecule has 2 heterocycles. The number of fused-ring (bicyclic) bond motifs is 2. The van der Waals surface area contributed by atoms with Crippen molar-refractivity contribution in [3.8, 4) is 0 Å². The second-order valence-corrected chi connectivity index (χ2v) is 7.76. The van der Waals surface area contributed by atoms with E-state index in [1.54, 1.807) is 6.07 Å². The average Bonchev–Trinajstić information content (AvgIpc) is 2.73. The van der Waals surface area contributed by atoms with Crippen molar-refractivity contribution in [2.24, 2.45) is 0 Å². The zero-order valence-electron chi connectivity index (χ0n) is 12.1. The van der Waals surface area contributed by atoms with Gasteiger partial charge in [0.05, 0.1) is 5.56 Å².